The first-order chi connectivity index (χ1) is 8.43. The van der Waals surface area contributed by atoms with E-state index in [-0.39, 0.29) is 11.5 Å². The smallest absolute Gasteiger partial charge is 0.244 e. The summed E-state index contributed by atoms with van der Waals surface area (Å²) in [5.74, 6) is 0.777. The van der Waals surface area contributed by atoms with Crippen LogP contribution < -0.4 is 0 Å². The topological polar surface area (TPSA) is 73.4 Å². The van der Waals surface area contributed by atoms with Crippen LogP contribution in [0.15, 0.2) is 17.2 Å². The zero-order valence-corrected chi connectivity index (χ0v) is 11.6. The first-order valence-electron chi connectivity index (χ1n) is 6.21. The Morgan fingerprint density at radius 3 is 2.50 bits per heavy atom. The lowest BCUT2D eigenvalue weighted by molar-refractivity contribution is 0.222. The van der Waals surface area contributed by atoms with Crippen molar-refractivity contribution in [2.45, 2.75) is 31.8 Å². The van der Waals surface area contributed by atoms with Gasteiger partial charge in [0.25, 0.3) is 0 Å². The number of piperidine rings is 1. The van der Waals surface area contributed by atoms with E-state index < -0.39 is 10.0 Å². The van der Waals surface area contributed by atoms with Gasteiger partial charge >= 0.3 is 0 Å². The van der Waals surface area contributed by atoms with Crippen LogP contribution in [0.4, 0.5) is 0 Å². The molecule has 0 spiro atoms. The third-order valence-electron chi connectivity index (χ3n) is 3.36. The highest BCUT2D eigenvalue weighted by Gasteiger charge is 2.32. The summed E-state index contributed by atoms with van der Waals surface area (Å²) in [5, 5.41) is 8.97. The second-order valence-corrected chi connectivity index (χ2v) is 7.22. The van der Waals surface area contributed by atoms with Crippen LogP contribution in [0.2, 0.25) is 0 Å². The summed E-state index contributed by atoms with van der Waals surface area (Å²) >= 11 is 0. The van der Waals surface area contributed by atoms with Gasteiger partial charge in [-0.25, -0.2) is 8.42 Å². The molecule has 0 aromatic carbocycles. The molecule has 5 nitrogen and oxygen atoms in total. The zero-order valence-electron chi connectivity index (χ0n) is 10.8. The molecule has 1 aliphatic heterocycles. The zero-order chi connectivity index (χ0) is 13.3. The Kier molecular flexibility index (Phi) is 3.79. The van der Waals surface area contributed by atoms with Crippen molar-refractivity contribution >= 4 is 10.0 Å². The number of aromatic amines is 1. The molecule has 1 saturated heterocycles. The lowest BCUT2D eigenvalue weighted by Gasteiger charge is -2.33. The van der Waals surface area contributed by atoms with Crippen molar-refractivity contribution in [1.29, 1.82) is 0 Å². The van der Waals surface area contributed by atoms with Gasteiger partial charge in [0, 0.05) is 25.0 Å². The molecule has 0 bridgehead atoms. The van der Waals surface area contributed by atoms with E-state index in [1.807, 2.05) is 0 Å². The van der Waals surface area contributed by atoms with Crippen LogP contribution in [-0.2, 0) is 16.6 Å². The highest BCUT2D eigenvalue weighted by Crippen LogP contribution is 2.26. The van der Waals surface area contributed by atoms with Crippen molar-refractivity contribution in [2.75, 3.05) is 13.1 Å². The summed E-state index contributed by atoms with van der Waals surface area (Å²) < 4.78 is 26.4. The molecule has 1 aromatic heterocycles. The molecule has 2 N–H and O–H groups in total. The van der Waals surface area contributed by atoms with E-state index in [1.165, 1.54) is 12.3 Å². The van der Waals surface area contributed by atoms with Gasteiger partial charge in [-0.15, -0.1) is 0 Å². The highest BCUT2D eigenvalue weighted by molar-refractivity contribution is 7.89. The van der Waals surface area contributed by atoms with E-state index >= 15 is 0 Å². The maximum atomic E-state index is 12.4. The Hall–Kier alpha value is -0.850. The molecule has 6 heteroatoms. The number of aliphatic hydroxyl groups is 1. The average Bonchev–Trinajstić information content (AvgIpc) is 2.76. The maximum absolute atomic E-state index is 12.4. The third-order valence-corrected chi connectivity index (χ3v) is 5.17. The minimum atomic E-state index is -3.43. The third kappa shape index (κ3) is 2.60. The molecule has 18 heavy (non-hydrogen) atoms. The number of aliphatic hydroxyl groups excluding tert-OH is 1. The Bertz CT molecular complexity index is 499. The predicted octanol–water partition coefficient (Wildman–Crippen LogP) is 1.17. The second kappa shape index (κ2) is 5.03. The Morgan fingerprint density at radius 1 is 1.39 bits per heavy atom. The Balaban J connectivity index is 2.25. The number of hydrogen-bond acceptors (Lipinski definition) is 3. The normalized spacial score (nSPS) is 26.4. The number of hydrogen-bond donors (Lipinski definition) is 2. The van der Waals surface area contributed by atoms with Crippen molar-refractivity contribution in [1.82, 2.24) is 9.29 Å². The Morgan fingerprint density at radius 2 is 2.00 bits per heavy atom. The molecule has 1 fully saturated rings. The van der Waals surface area contributed by atoms with Crippen molar-refractivity contribution in [3.63, 3.8) is 0 Å². The van der Waals surface area contributed by atoms with Crippen LogP contribution in [0.3, 0.4) is 0 Å². The van der Waals surface area contributed by atoms with Crippen LogP contribution in [0.5, 0.6) is 0 Å². The fourth-order valence-electron chi connectivity index (χ4n) is 2.61. The molecular weight excluding hydrogens is 252 g/mol. The van der Waals surface area contributed by atoms with Crippen LogP contribution in [0, 0.1) is 11.8 Å². The van der Waals surface area contributed by atoms with Crippen molar-refractivity contribution in [3.8, 4) is 0 Å². The summed E-state index contributed by atoms with van der Waals surface area (Å²) in [6, 6.07) is 1.50. The van der Waals surface area contributed by atoms with Gasteiger partial charge in [-0.1, -0.05) is 13.8 Å². The molecule has 102 valence electrons. The summed E-state index contributed by atoms with van der Waals surface area (Å²) in [4.78, 5) is 3.01. The molecule has 0 radical (unpaired) electrons. The largest absolute Gasteiger partial charge is 0.390 e. The second-order valence-electron chi connectivity index (χ2n) is 5.29. The number of rotatable bonds is 3. The van der Waals surface area contributed by atoms with Crippen LogP contribution in [-0.4, -0.2) is 35.9 Å². The summed E-state index contributed by atoms with van der Waals surface area (Å²) in [6.45, 7) is 5.13. The monoisotopic (exact) mass is 272 g/mol. The van der Waals surface area contributed by atoms with Crippen molar-refractivity contribution in [2.24, 2.45) is 11.8 Å². The van der Waals surface area contributed by atoms with E-state index in [0.29, 0.717) is 30.6 Å². The van der Waals surface area contributed by atoms with Crippen molar-refractivity contribution in [3.05, 3.63) is 18.0 Å². The lowest BCUT2D eigenvalue weighted by atomic mass is 9.94. The SMILES string of the molecule is CC1CC(C)CN(S(=O)(=O)c2c[nH]c(CO)c2)C1. The maximum Gasteiger partial charge on any atom is 0.244 e. The van der Waals surface area contributed by atoms with Gasteiger partial charge in [0.15, 0.2) is 0 Å². The standard InChI is InChI=1S/C12H20N2O3S/c1-9-3-10(2)7-14(6-9)18(16,17)12-4-11(8-15)13-5-12/h4-5,9-10,13,15H,3,6-8H2,1-2H3. The number of aromatic nitrogens is 1. The predicted molar refractivity (Wildman–Crippen MR) is 68.4 cm³/mol. The number of nitrogens with one attached hydrogen (secondary N) is 1. The van der Waals surface area contributed by atoms with Gasteiger partial charge in [0.1, 0.15) is 0 Å². The van der Waals surface area contributed by atoms with Crippen LogP contribution >= 0.6 is 0 Å². The summed E-state index contributed by atoms with van der Waals surface area (Å²) in [5.41, 5.74) is 0.520. The molecule has 2 atom stereocenters. The lowest BCUT2D eigenvalue weighted by Crippen LogP contribution is -2.42. The molecule has 2 unspecified atom stereocenters. The van der Waals surface area contributed by atoms with E-state index in [0.717, 1.165) is 6.42 Å². The van der Waals surface area contributed by atoms with Gasteiger partial charge in [0.05, 0.1) is 11.5 Å². The molecule has 2 rings (SSSR count). The van der Waals surface area contributed by atoms with E-state index in [4.69, 9.17) is 5.11 Å². The molecule has 1 aliphatic rings. The Labute approximate surface area is 108 Å². The van der Waals surface area contributed by atoms with Gasteiger partial charge in [-0.05, 0) is 24.3 Å². The van der Waals surface area contributed by atoms with Gasteiger partial charge in [0.2, 0.25) is 10.0 Å². The van der Waals surface area contributed by atoms with Crippen molar-refractivity contribution < 1.29 is 13.5 Å². The highest BCUT2D eigenvalue weighted by atomic mass is 32.2. The first-order valence-corrected chi connectivity index (χ1v) is 7.65. The molecule has 2 heterocycles. The van der Waals surface area contributed by atoms with Gasteiger partial charge < -0.3 is 10.1 Å². The van der Waals surface area contributed by atoms with Gasteiger partial charge in [-0.3, -0.25) is 0 Å². The quantitative estimate of drug-likeness (QED) is 0.867. The number of sulfonamides is 1. The number of nitrogens with zero attached hydrogens (tertiary/aromatic N) is 1. The molecule has 0 amide bonds. The molecule has 0 aliphatic carbocycles. The average molecular weight is 272 g/mol. The van der Waals surface area contributed by atoms with E-state index in [2.05, 4.69) is 18.8 Å². The van der Waals surface area contributed by atoms with E-state index in [9.17, 15) is 8.42 Å². The number of H-pyrrole nitrogens is 1. The minimum Gasteiger partial charge on any atom is -0.390 e. The molecular formula is C12H20N2O3S. The van der Waals surface area contributed by atoms with Crippen LogP contribution in [0.25, 0.3) is 0 Å². The molecule has 0 saturated carbocycles. The van der Waals surface area contributed by atoms with Gasteiger partial charge in [-0.2, -0.15) is 4.31 Å². The first kappa shape index (κ1) is 13.6. The summed E-state index contributed by atoms with van der Waals surface area (Å²) in [6.07, 6.45) is 2.52. The van der Waals surface area contributed by atoms with Crippen LogP contribution in [0.1, 0.15) is 26.0 Å². The van der Waals surface area contributed by atoms with E-state index in [1.54, 1.807) is 4.31 Å². The fourth-order valence-corrected chi connectivity index (χ4v) is 4.31. The minimum absolute atomic E-state index is 0.178. The summed E-state index contributed by atoms with van der Waals surface area (Å²) in [7, 11) is -3.43. The fraction of sp³-hybridized carbons (Fsp3) is 0.667. The molecule has 1 aromatic rings.